The van der Waals surface area contributed by atoms with Crippen LogP contribution in [0.5, 0.6) is 5.75 Å². The van der Waals surface area contributed by atoms with E-state index >= 15 is 0 Å². The van der Waals surface area contributed by atoms with Crippen LogP contribution in [0.2, 0.25) is 0 Å². The van der Waals surface area contributed by atoms with Crippen molar-refractivity contribution in [2.75, 3.05) is 0 Å². The molecule has 0 atom stereocenters. The molecule has 0 saturated carbocycles. The van der Waals surface area contributed by atoms with Gasteiger partial charge in [0.2, 0.25) is 0 Å². The van der Waals surface area contributed by atoms with Crippen LogP contribution in [0, 0.1) is 6.92 Å². The number of hydrogen-bond donors (Lipinski definition) is 2. The number of rotatable bonds is 8. The van der Waals surface area contributed by atoms with Gasteiger partial charge in [-0.2, -0.15) is 0 Å². The van der Waals surface area contributed by atoms with Crippen LogP contribution in [0.3, 0.4) is 0 Å². The largest absolute Gasteiger partial charge is 0.491 e. The first-order valence-electron chi connectivity index (χ1n) is 10.1. The Morgan fingerprint density at radius 1 is 1.06 bits per heavy atom. The van der Waals surface area contributed by atoms with E-state index in [1.165, 1.54) is 12.3 Å². The third-order valence-corrected chi connectivity index (χ3v) is 4.35. The first-order chi connectivity index (χ1) is 14.9. The highest BCUT2D eigenvalue weighted by Crippen LogP contribution is 2.14. The van der Waals surface area contributed by atoms with Gasteiger partial charge < -0.3 is 19.8 Å². The number of aryl methyl sites for hydroxylation is 1. The number of furan rings is 1. The minimum Gasteiger partial charge on any atom is -0.491 e. The van der Waals surface area contributed by atoms with Crippen LogP contribution in [0.4, 0.5) is 0 Å². The van der Waals surface area contributed by atoms with Crippen LogP contribution in [0.25, 0.3) is 6.08 Å². The molecule has 2 aromatic carbocycles. The summed E-state index contributed by atoms with van der Waals surface area (Å²) < 4.78 is 10.9. The van der Waals surface area contributed by atoms with Crippen LogP contribution in [-0.4, -0.2) is 17.9 Å². The predicted octanol–water partition coefficient (Wildman–Crippen LogP) is 4.46. The maximum atomic E-state index is 12.8. The Kier molecular flexibility index (Phi) is 7.27. The van der Waals surface area contributed by atoms with E-state index in [9.17, 15) is 9.59 Å². The fraction of sp³-hybridized carbons (Fsp3) is 0.200. The fourth-order valence-corrected chi connectivity index (χ4v) is 2.89. The predicted molar refractivity (Wildman–Crippen MR) is 119 cm³/mol. The van der Waals surface area contributed by atoms with Gasteiger partial charge in [0.05, 0.1) is 12.4 Å². The maximum Gasteiger partial charge on any atom is 0.268 e. The molecule has 0 aliphatic rings. The van der Waals surface area contributed by atoms with Crippen LogP contribution in [0.15, 0.2) is 77.0 Å². The molecule has 0 aliphatic heterocycles. The van der Waals surface area contributed by atoms with Crippen LogP contribution in [0.1, 0.15) is 41.1 Å². The lowest BCUT2D eigenvalue weighted by atomic mass is 10.1. The summed E-state index contributed by atoms with van der Waals surface area (Å²) in [6, 6.07) is 18.1. The van der Waals surface area contributed by atoms with Crippen LogP contribution in [-0.2, 0) is 11.3 Å². The second-order valence-corrected chi connectivity index (χ2v) is 7.39. The van der Waals surface area contributed by atoms with Crippen molar-refractivity contribution in [3.05, 3.63) is 95.1 Å². The minimum absolute atomic E-state index is 0.0943. The molecule has 0 aliphatic carbocycles. The molecule has 1 aromatic heterocycles. The number of carbonyl (C=O) groups excluding carboxylic acids is 2. The molecule has 31 heavy (non-hydrogen) atoms. The van der Waals surface area contributed by atoms with Crippen molar-refractivity contribution in [2.24, 2.45) is 0 Å². The van der Waals surface area contributed by atoms with E-state index in [2.05, 4.69) is 10.6 Å². The summed E-state index contributed by atoms with van der Waals surface area (Å²) in [6.45, 7) is 6.13. The second kappa shape index (κ2) is 10.3. The van der Waals surface area contributed by atoms with Crippen molar-refractivity contribution in [3.63, 3.8) is 0 Å². The molecule has 3 rings (SSSR count). The Labute approximate surface area is 181 Å². The minimum atomic E-state index is -0.417. The van der Waals surface area contributed by atoms with E-state index in [1.807, 2.05) is 51.1 Å². The monoisotopic (exact) mass is 418 g/mol. The molecule has 2 amide bonds. The lowest BCUT2D eigenvalue weighted by molar-refractivity contribution is -0.117. The summed E-state index contributed by atoms with van der Waals surface area (Å²) in [5.41, 5.74) is 2.44. The molecule has 3 aromatic rings. The number of amides is 2. The normalized spacial score (nSPS) is 11.3. The summed E-state index contributed by atoms with van der Waals surface area (Å²) in [7, 11) is 0. The van der Waals surface area contributed by atoms with Gasteiger partial charge in [-0.3, -0.25) is 9.59 Å². The zero-order chi connectivity index (χ0) is 22.2. The average Bonchev–Trinajstić information content (AvgIpc) is 3.25. The number of hydrogen-bond acceptors (Lipinski definition) is 4. The van der Waals surface area contributed by atoms with Gasteiger partial charge in [0.15, 0.2) is 0 Å². The zero-order valence-corrected chi connectivity index (χ0v) is 17.8. The first kappa shape index (κ1) is 21.9. The third kappa shape index (κ3) is 6.60. The second-order valence-electron chi connectivity index (χ2n) is 7.39. The smallest absolute Gasteiger partial charge is 0.268 e. The third-order valence-electron chi connectivity index (χ3n) is 4.35. The highest BCUT2D eigenvalue weighted by molar-refractivity contribution is 6.05. The SMILES string of the molecule is Cc1cccc(C(=O)N/C(=C\c2ccco2)C(=O)NCc2ccc(OC(C)C)cc2)c1. The van der Waals surface area contributed by atoms with E-state index in [1.54, 1.807) is 30.3 Å². The van der Waals surface area contributed by atoms with Crippen molar-refractivity contribution >= 4 is 17.9 Å². The topological polar surface area (TPSA) is 80.6 Å². The van der Waals surface area contributed by atoms with Crippen molar-refractivity contribution in [1.82, 2.24) is 10.6 Å². The van der Waals surface area contributed by atoms with Gasteiger partial charge in [0.1, 0.15) is 17.2 Å². The zero-order valence-electron chi connectivity index (χ0n) is 17.8. The quantitative estimate of drug-likeness (QED) is 0.529. The van der Waals surface area contributed by atoms with Crippen molar-refractivity contribution in [2.45, 2.75) is 33.4 Å². The standard InChI is InChI=1S/C25H26N2O4/c1-17(2)31-21-11-9-19(10-12-21)16-26-25(29)23(15-22-8-5-13-30-22)27-24(28)20-7-4-6-18(3)14-20/h4-15,17H,16H2,1-3H3,(H,26,29)(H,27,28)/b23-15-. The van der Waals surface area contributed by atoms with E-state index < -0.39 is 5.91 Å². The molecular formula is C25H26N2O4. The van der Waals surface area contributed by atoms with Gasteiger partial charge in [-0.05, 0) is 62.7 Å². The van der Waals surface area contributed by atoms with Crippen LogP contribution >= 0.6 is 0 Å². The molecule has 0 radical (unpaired) electrons. The van der Waals surface area contributed by atoms with Gasteiger partial charge in [0, 0.05) is 18.2 Å². The summed E-state index contributed by atoms with van der Waals surface area (Å²) in [5, 5.41) is 5.53. The Bertz CT molecular complexity index is 1050. The fourth-order valence-electron chi connectivity index (χ4n) is 2.89. The maximum absolute atomic E-state index is 12.8. The molecule has 6 heteroatoms. The number of benzene rings is 2. The van der Waals surface area contributed by atoms with E-state index in [4.69, 9.17) is 9.15 Å². The van der Waals surface area contributed by atoms with Gasteiger partial charge in [0.25, 0.3) is 11.8 Å². The summed E-state index contributed by atoms with van der Waals surface area (Å²) in [5.74, 6) is 0.450. The molecule has 0 unspecified atom stereocenters. The average molecular weight is 418 g/mol. The molecule has 6 nitrogen and oxygen atoms in total. The van der Waals surface area contributed by atoms with E-state index in [0.717, 1.165) is 16.9 Å². The molecule has 1 heterocycles. The highest BCUT2D eigenvalue weighted by Gasteiger charge is 2.15. The van der Waals surface area contributed by atoms with Gasteiger partial charge in [-0.15, -0.1) is 0 Å². The summed E-state index contributed by atoms with van der Waals surface area (Å²) in [6.07, 6.45) is 3.10. The number of carbonyl (C=O) groups is 2. The van der Waals surface area contributed by atoms with E-state index in [-0.39, 0.29) is 17.7 Å². The Morgan fingerprint density at radius 2 is 1.84 bits per heavy atom. The van der Waals surface area contributed by atoms with E-state index in [0.29, 0.717) is 17.9 Å². The molecule has 0 saturated heterocycles. The molecular weight excluding hydrogens is 392 g/mol. The van der Waals surface area contributed by atoms with Crippen LogP contribution < -0.4 is 15.4 Å². The molecule has 160 valence electrons. The lowest BCUT2D eigenvalue weighted by Crippen LogP contribution is -2.34. The van der Waals surface area contributed by atoms with Crippen molar-refractivity contribution in [3.8, 4) is 5.75 Å². The molecule has 0 bridgehead atoms. The molecule has 0 fully saturated rings. The van der Waals surface area contributed by atoms with Crippen molar-refractivity contribution in [1.29, 1.82) is 0 Å². The Hall–Kier alpha value is -3.80. The van der Waals surface area contributed by atoms with Gasteiger partial charge in [-0.1, -0.05) is 29.8 Å². The molecule has 0 spiro atoms. The van der Waals surface area contributed by atoms with Gasteiger partial charge >= 0.3 is 0 Å². The Balaban J connectivity index is 1.70. The Morgan fingerprint density at radius 3 is 2.48 bits per heavy atom. The number of ether oxygens (including phenoxy) is 1. The van der Waals surface area contributed by atoms with Gasteiger partial charge in [-0.25, -0.2) is 0 Å². The summed E-state index contributed by atoms with van der Waals surface area (Å²) >= 11 is 0. The molecule has 2 N–H and O–H groups in total. The number of nitrogens with one attached hydrogen (secondary N) is 2. The lowest BCUT2D eigenvalue weighted by Gasteiger charge is -2.12. The highest BCUT2D eigenvalue weighted by atomic mass is 16.5. The van der Waals surface area contributed by atoms with Crippen molar-refractivity contribution < 1.29 is 18.7 Å². The first-order valence-corrected chi connectivity index (χ1v) is 10.1. The summed E-state index contributed by atoms with van der Waals surface area (Å²) in [4.78, 5) is 25.5.